The zero-order valence-corrected chi connectivity index (χ0v) is 18.6. The van der Waals surface area contributed by atoms with Crippen LogP contribution < -0.4 is 10.6 Å². The van der Waals surface area contributed by atoms with Gasteiger partial charge in [-0.1, -0.05) is 0 Å². The number of hydrogen-bond acceptors (Lipinski definition) is 4. The molecule has 8 heteroatoms. The van der Waals surface area contributed by atoms with Crippen molar-refractivity contribution in [3.63, 3.8) is 0 Å². The van der Waals surface area contributed by atoms with E-state index in [-0.39, 0.29) is 28.7 Å². The van der Waals surface area contributed by atoms with Gasteiger partial charge < -0.3 is 10.6 Å². The molecule has 0 aliphatic heterocycles. The molecule has 0 saturated heterocycles. The Bertz CT molecular complexity index is 512. The monoisotopic (exact) mass is 472 g/mol. The third-order valence-corrected chi connectivity index (χ3v) is 5.66. The van der Waals surface area contributed by atoms with Gasteiger partial charge in [-0.3, -0.25) is 9.20 Å². The number of nitrogens with zero attached hydrogens (tertiary/aromatic N) is 2. The van der Waals surface area contributed by atoms with E-state index in [1.807, 2.05) is 34.6 Å². The van der Waals surface area contributed by atoms with Gasteiger partial charge in [-0.25, -0.2) is 4.98 Å². The van der Waals surface area contributed by atoms with Crippen molar-refractivity contribution in [3.8, 4) is 0 Å². The summed E-state index contributed by atoms with van der Waals surface area (Å²) in [5.41, 5.74) is 1.11. The lowest BCUT2D eigenvalue weighted by atomic mass is 10.3. The number of aromatic nitrogens is 1. The number of aryl methyl sites for hydroxylation is 1. The molecule has 2 N–H and O–H groups in total. The van der Waals surface area contributed by atoms with Crippen LogP contribution in [0.4, 0.5) is 0 Å². The van der Waals surface area contributed by atoms with E-state index < -0.39 is 10.8 Å². The zero-order valence-electron chi connectivity index (χ0n) is 14.6. The maximum atomic E-state index is 12.0. The van der Waals surface area contributed by atoms with Gasteiger partial charge in [0, 0.05) is 46.2 Å². The van der Waals surface area contributed by atoms with Gasteiger partial charge in [0.2, 0.25) is 0 Å². The third kappa shape index (κ3) is 9.61. The summed E-state index contributed by atoms with van der Waals surface area (Å²) in [6, 6.07) is 0. The molecule has 134 valence electrons. The Morgan fingerprint density at radius 1 is 1.39 bits per heavy atom. The molecule has 0 fully saturated rings. The van der Waals surface area contributed by atoms with Gasteiger partial charge in [0.05, 0.1) is 17.2 Å². The Balaban J connectivity index is 0.00000484. The largest absolute Gasteiger partial charge is 0.357 e. The number of rotatable bonds is 7. The van der Waals surface area contributed by atoms with Crippen LogP contribution in [0.2, 0.25) is 0 Å². The first kappa shape index (κ1) is 22.8. The normalized spacial score (nSPS) is 13.3. The Labute approximate surface area is 163 Å². The topological polar surface area (TPSA) is 66.4 Å². The van der Waals surface area contributed by atoms with Gasteiger partial charge in [0.1, 0.15) is 0 Å². The Morgan fingerprint density at radius 2 is 2.09 bits per heavy atom. The molecule has 1 heterocycles. The number of hydrogen-bond donors (Lipinski definition) is 2. The van der Waals surface area contributed by atoms with Crippen LogP contribution >= 0.6 is 35.3 Å². The van der Waals surface area contributed by atoms with Crippen LogP contribution in [0.25, 0.3) is 0 Å². The Morgan fingerprint density at radius 3 is 2.61 bits per heavy atom. The first-order valence-electron chi connectivity index (χ1n) is 7.64. The molecule has 0 amide bonds. The highest BCUT2D eigenvalue weighted by Crippen LogP contribution is 2.10. The lowest BCUT2D eigenvalue weighted by Gasteiger charge is -2.17. The molecule has 0 bridgehead atoms. The van der Waals surface area contributed by atoms with E-state index in [4.69, 9.17) is 0 Å². The summed E-state index contributed by atoms with van der Waals surface area (Å²) in [5, 5.41) is 9.69. The predicted octanol–water partition coefficient (Wildman–Crippen LogP) is 2.71. The van der Waals surface area contributed by atoms with Gasteiger partial charge in [0.25, 0.3) is 0 Å². The summed E-state index contributed by atoms with van der Waals surface area (Å²) in [7, 11) is -0.862. The van der Waals surface area contributed by atoms with Crippen LogP contribution in [-0.2, 0) is 17.2 Å². The van der Waals surface area contributed by atoms with Gasteiger partial charge in [-0.2, -0.15) is 0 Å². The highest BCUT2D eigenvalue weighted by atomic mass is 127. The molecule has 1 rings (SSSR count). The quantitative estimate of drug-likeness (QED) is 0.364. The van der Waals surface area contributed by atoms with E-state index in [0.29, 0.717) is 12.3 Å². The lowest BCUT2D eigenvalue weighted by Crippen LogP contribution is -2.38. The van der Waals surface area contributed by atoms with Crippen molar-refractivity contribution in [2.75, 3.05) is 25.4 Å². The summed E-state index contributed by atoms with van der Waals surface area (Å²) in [5.74, 6) is 1.37. The van der Waals surface area contributed by atoms with Crippen molar-refractivity contribution in [1.82, 2.24) is 15.6 Å². The molecule has 1 atom stereocenters. The van der Waals surface area contributed by atoms with Crippen LogP contribution in [-0.4, -0.2) is 45.3 Å². The molecule has 0 saturated carbocycles. The van der Waals surface area contributed by atoms with E-state index in [2.05, 4.69) is 26.0 Å². The fraction of sp³-hybridized carbons (Fsp3) is 0.733. The zero-order chi connectivity index (χ0) is 16.6. The lowest BCUT2D eigenvalue weighted by molar-refractivity contribution is 0.648. The van der Waals surface area contributed by atoms with Crippen LogP contribution in [0, 0.1) is 6.92 Å². The number of guanidine groups is 1. The minimum atomic E-state index is -0.862. The van der Waals surface area contributed by atoms with Crippen molar-refractivity contribution in [2.24, 2.45) is 4.99 Å². The molecular weight excluding hydrogens is 443 g/mol. The number of nitrogens with one attached hydrogen (secondary N) is 2. The Hall–Kier alpha value is -0.220. The molecule has 23 heavy (non-hydrogen) atoms. The molecule has 0 radical (unpaired) electrons. The smallest absolute Gasteiger partial charge is 0.191 e. The first-order valence-corrected chi connectivity index (χ1v) is 9.84. The molecular formula is C15H29IN4OS2. The van der Waals surface area contributed by atoms with E-state index in [0.717, 1.165) is 36.2 Å². The van der Waals surface area contributed by atoms with Crippen molar-refractivity contribution in [1.29, 1.82) is 0 Å². The fourth-order valence-electron chi connectivity index (χ4n) is 1.72. The number of thiazole rings is 1. The Kier molecular flexibility index (Phi) is 11.2. The second-order valence-electron chi connectivity index (χ2n) is 5.96. The first-order chi connectivity index (χ1) is 10.3. The molecule has 1 unspecified atom stereocenters. The van der Waals surface area contributed by atoms with E-state index >= 15 is 0 Å². The predicted molar refractivity (Wildman–Crippen MR) is 113 cm³/mol. The number of halogens is 1. The highest BCUT2D eigenvalue weighted by Gasteiger charge is 2.18. The van der Waals surface area contributed by atoms with Crippen LogP contribution in [0.15, 0.2) is 10.4 Å². The summed E-state index contributed by atoms with van der Waals surface area (Å²) < 4.78 is 11.8. The molecule has 1 aromatic heterocycles. The maximum Gasteiger partial charge on any atom is 0.191 e. The van der Waals surface area contributed by atoms with Gasteiger partial charge in [-0.15, -0.1) is 35.3 Å². The molecule has 5 nitrogen and oxygen atoms in total. The summed E-state index contributed by atoms with van der Waals surface area (Å²) in [4.78, 5) is 8.93. The van der Waals surface area contributed by atoms with Gasteiger partial charge >= 0.3 is 0 Å². The van der Waals surface area contributed by atoms with Crippen LogP contribution in [0.5, 0.6) is 0 Å². The molecule has 1 aromatic rings. The standard InChI is InChI=1S/C15H28N4OS2.HI/c1-6-16-14(18-9-10-22(20)15(3,4)5)17-8-7-13-11-21-12(2)19-13;/h11H,6-10H2,1-5H3,(H2,16,17,18);1H. The highest BCUT2D eigenvalue weighted by molar-refractivity contribution is 14.0. The third-order valence-electron chi connectivity index (χ3n) is 2.91. The van der Waals surface area contributed by atoms with Crippen molar-refractivity contribution in [2.45, 2.75) is 45.8 Å². The molecule has 0 aromatic carbocycles. The molecule has 0 aliphatic rings. The van der Waals surface area contributed by atoms with Crippen molar-refractivity contribution >= 4 is 52.1 Å². The second kappa shape index (κ2) is 11.4. The van der Waals surface area contributed by atoms with Gasteiger partial charge in [-0.05, 0) is 34.6 Å². The van der Waals surface area contributed by atoms with E-state index in [1.165, 1.54) is 0 Å². The fourth-order valence-corrected chi connectivity index (χ4v) is 3.24. The second-order valence-corrected chi connectivity index (χ2v) is 9.34. The summed E-state index contributed by atoms with van der Waals surface area (Å²) >= 11 is 1.67. The average Bonchev–Trinajstić information content (AvgIpc) is 2.83. The summed E-state index contributed by atoms with van der Waals surface area (Å²) in [6.07, 6.45) is 0.878. The molecule has 0 spiro atoms. The van der Waals surface area contributed by atoms with Crippen molar-refractivity contribution < 1.29 is 4.21 Å². The average molecular weight is 472 g/mol. The SMILES string of the molecule is CCNC(=NCCS(=O)C(C)(C)C)NCCc1csc(C)n1.I. The van der Waals surface area contributed by atoms with E-state index in [1.54, 1.807) is 11.3 Å². The molecule has 0 aliphatic carbocycles. The van der Waals surface area contributed by atoms with Crippen molar-refractivity contribution in [3.05, 3.63) is 16.1 Å². The van der Waals surface area contributed by atoms with E-state index in [9.17, 15) is 4.21 Å². The van der Waals surface area contributed by atoms with Crippen LogP contribution in [0.3, 0.4) is 0 Å². The minimum Gasteiger partial charge on any atom is -0.357 e. The maximum absolute atomic E-state index is 12.0. The van der Waals surface area contributed by atoms with Gasteiger partial charge in [0.15, 0.2) is 5.96 Å². The van der Waals surface area contributed by atoms with Crippen LogP contribution in [0.1, 0.15) is 38.4 Å². The minimum absolute atomic E-state index is 0. The number of aliphatic imine (C=N–C) groups is 1. The summed E-state index contributed by atoms with van der Waals surface area (Å²) in [6.45, 7) is 12.2.